The number of alkyl halides is 1. The topological polar surface area (TPSA) is 42.3 Å². The lowest BCUT2D eigenvalue weighted by atomic mass is 9.89. The summed E-state index contributed by atoms with van der Waals surface area (Å²) >= 11 is 0. The third-order valence-corrected chi connectivity index (χ3v) is 5.75. The van der Waals surface area contributed by atoms with Gasteiger partial charge in [0.2, 0.25) is 5.67 Å². The van der Waals surface area contributed by atoms with Crippen LogP contribution >= 0.6 is 0 Å². The highest BCUT2D eigenvalue weighted by Gasteiger charge is 2.55. The van der Waals surface area contributed by atoms with Gasteiger partial charge in [-0.15, -0.1) is 0 Å². The molecule has 2 aliphatic rings. The van der Waals surface area contributed by atoms with Gasteiger partial charge in [-0.05, 0) is 42.3 Å². The number of para-hydroxylation sites is 2. The average molecular weight is 362 g/mol. The molecule has 1 saturated carbocycles. The Kier molecular flexibility index (Phi) is 3.32. The SMILES string of the molecule is Cn1c(=O)c(C2(F)C(=O)N(CC3CC3)c3ccccc32)cc2ccccc21. The molecule has 136 valence electrons. The summed E-state index contributed by atoms with van der Waals surface area (Å²) in [5.41, 5.74) is -1.49. The molecule has 0 N–H and O–H groups in total. The first-order chi connectivity index (χ1) is 13.0. The second kappa shape index (κ2) is 5.52. The van der Waals surface area contributed by atoms with Crippen molar-refractivity contribution in [1.29, 1.82) is 0 Å². The molecule has 5 rings (SSSR count). The number of hydrogen-bond donors (Lipinski definition) is 0. The van der Waals surface area contributed by atoms with E-state index in [1.807, 2.05) is 24.3 Å². The molecule has 1 aliphatic carbocycles. The molecule has 1 unspecified atom stereocenters. The molecule has 1 atom stereocenters. The zero-order valence-electron chi connectivity index (χ0n) is 15.0. The van der Waals surface area contributed by atoms with Gasteiger partial charge in [0.05, 0.1) is 16.8 Å². The Labute approximate surface area is 155 Å². The van der Waals surface area contributed by atoms with Gasteiger partial charge in [0.25, 0.3) is 11.5 Å². The van der Waals surface area contributed by atoms with Crippen LogP contribution in [0.15, 0.2) is 59.4 Å². The van der Waals surface area contributed by atoms with Crippen molar-refractivity contribution in [2.45, 2.75) is 18.5 Å². The lowest BCUT2D eigenvalue weighted by Crippen LogP contribution is -2.43. The van der Waals surface area contributed by atoms with Crippen LogP contribution in [0.2, 0.25) is 0 Å². The summed E-state index contributed by atoms with van der Waals surface area (Å²) in [6.45, 7) is 0.509. The first kappa shape index (κ1) is 16.2. The minimum Gasteiger partial charge on any atom is -0.311 e. The predicted molar refractivity (Wildman–Crippen MR) is 103 cm³/mol. The average Bonchev–Trinajstić information content (AvgIpc) is 3.49. The van der Waals surface area contributed by atoms with E-state index in [2.05, 4.69) is 0 Å². The van der Waals surface area contributed by atoms with E-state index in [0.29, 0.717) is 23.7 Å². The molecule has 4 nitrogen and oxygen atoms in total. The van der Waals surface area contributed by atoms with Gasteiger partial charge in [0.1, 0.15) is 0 Å². The zero-order chi connectivity index (χ0) is 18.8. The zero-order valence-corrected chi connectivity index (χ0v) is 15.0. The molecule has 0 radical (unpaired) electrons. The van der Waals surface area contributed by atoms with Crippen molar-refractivity contribution in [3.63, 3.8) is 0 Å². The van der Waals surface area contributed by atoms with Gasteiger partial charge in [-0.1, -0.05) is 36.4 Å². The summed E-state index contributed by atoms with van der Waals surface area (Å²) in [6, 6.07) is 15.8. The highest BCUT2D eigenvalue weighted by atomic mass is 19.1. The molecule has 1 aromatic heterocycles. The Balaban J connectivity index is 1.77. The fourth-order valence-electron chi connectivity index (χ4n) is 4.08. The summed E-state index contributed by atoms with van der Waals surface area (Å²) < 4.78 is 17.9. The molecular formula is C22H19FN2O2. The Hall–Kier alpha value is -2.95. The molecule has 2 heterocycles. The number of amides is 1. The van der Waals surface area contributed by atoms with Gasteiger partial charge in [-0.2, -0.15) is 0 Å². The van der Waals surface area contributed by atoms with Crippen LogP contribution in [0.5, 0.6) is 0 Å². The van der Waals surface area contributed by atoms with Crippen LogP contribution in [-0.2, 0) is 17.5 Å². The molecule has 3 aromatic rings. The van der Waals surface area contributed by atoms with Gasteiger partial charge in [-0.3, -0.25) is 9.59 Å². The maximum atomic E-state index is 16.5. The van der Waals surface area contributed by atoms with E-state index >= 15 is 4.39 Å². The first-order valence-corrected chi connectivity index (χ1v) is 9.21. The lowest BCUT2D eigenvalue weighted by molar-refractivity contribution is -0.127. The number of aryl methyl sites for hydroxylation is 1. The third-order valence-electron chi connectivity index (χ3n) is 5.75. The normalized spacial score (nSPS) is 21.7. The number of hydrogen-bond acceptors (Lipinski definition) is 2. The van der Waals surface area contributed by atoms with Crippen molar-refractivity contribution in [2.24, 2.45) is 13.0 Å². The van der Waals surface area contributed by atoms with Crippen LogP contribution in [0.1, 0.15) is 24.0 Å². The Morgan fingerprint density at radius 3 is 2.52 bits per heavy atom. The number of rotatable bonds is 3. The second-order valence-electron chi connectivity index (χ2n) is 7.52. The molecule has 1 amide bonds. The van der Waals surface area contributed by atoms with Crippen molar-refractivity contribution < 1.29 is 9.18 Å². The van der Waals surface area contributed by atoms with E-state index in [1.165, 1.54) is 15.5 Å². The second-order valence-corrected chi connectivity index (χ2v) is 7.52. The third kappa shape index (κ3) is 2.21. The molecule has 5 heteroatoms. The van der Waals surface area contributed by atoms with Gasteiger partial charge in [-0.25, -0.2) is 4.39 Å². The van der Waals surface area contributed by atoms with Crippen molar-refractivity contribution in [2.75, 3.05) is 11.4 Å². The summed E-state index contributed by atoms with van der Waals surface area (Å²) in [4.78, 5) is 27.8. The minimum atomic E-state index is -2.45. The fourth-order valence-corrected chi connectivity index (χ4v) is 4.08. The number of anilines is 1. The number of fused-ring (bicyclic) bond motifs is 2. The van der Waals surface area contributed by atoms with Gasteiger partial charge < -0.3 is 9.47 Å². The maximum absolute atomic E-state index is 16.5. The van der Waals surface area contributed by atoms with Crippen molar-refractivity contribution in [3.05, 3.63) is 76.1 Å². The summed E-state index contributed by atoms with van der Waals surface area (Å²) in [6.07, 6.45) is 2.12. The minimum absolute atomic E-state index is 0.112. The van der Waals surface area contributed by atoms with Crippen molar-refractivity contribution >= 4 is 22.5 Å². The van der Waals surface area contributed by atoms with Crippen LogP contribution in [0, 0.1) is 5.92 Å². The molecule has 0 saturated heterocycles. The molecule has 2 aromatic carbocycles. The van der Waals surface area contributed by atoms with Crippen LogP contribution in [-0.4, -0.2) is 17.0 Å². The van der Waals surface area contributed by atoms with E-state index in [1.54, 1.807) is 31.3 Å². The maximum Gasteiger partial charge on any atom is 0.274 e. The number of aromatic nitrogens is 1. The molecule has 0 bridgehead atoms. The Morgan fingerprint density at radius 2 is 1.74 bits per heavy atom. The van der Waals surface area contributed by atoms with E-state index in [9.17, 15) is 9.59 Å². The molecule has 1 aliphatic heterocycles. The van der Waals surface area contributed by atoms with Crippen LogP contribution in [0.4, 0.5) is 10.1 Å². The number of carbonyl (C=O) groups excluding carboxylic acids is 1. The number of halogens is 1. The highest BCUT2D eigenvalue weighted by molar-refractivity contribution is 6.09. The van der Waals surface area contributed by atoms with Gasteiger partial charge >= 0.3 is 0 Å². The van der Waals surface area contributed by atoms with Crippen LogP contribution in [0.25, 0.3) is 10.9 Å². The molecular weight excluding hydrogens is 343 g/mol. The summed E-state index contributed by atoms with van der Waals surface area (Å²) in [7, 11) is 1.62. The summed E-state index contributed by atoms with van der Waals surface area (Å²) in [5, 5.41) is 0.734. The predicted octanol–water partition coefficient (Wildman–Crippen LogP) is 3.51. The van der Waals surface area contributed by atoms with Crippen molar-refractivity contribution in [3.8, 4) is 0 Å². The van der Waals surface area contributed by atoms with Gasteiger partial charge in [0, 0.05) is 19.2 Å². The monoisotopic (exact) mass is 362 g/mol. The van der Waals surface area contributed by atoms with Crippen molar-refractivity contribution in [1.82, 2.24) is 4.57 Å². The standard InChI is InChI=1S/C22H19FN2O2/c1-24-18-8-4-2-6-15(18)12-17(20(24)26)22(23)16-7-3-5-9-19(16)25(21(22)27)13-14-10-11-14/h2-9,12,14H,10-11,13H2,1H3. The van der Waals surface area contributed by atoms with E-state index in [-0.39, 0.29) is 11.1 Å². The Bertz CT molecular complexity index is 1150. The number of benzene rings is 2. The van der Waals surface area contributed by atoms with E-state index in [4.69, 9.17) is 0 Å². The molecule has 0 spiro atoms. The van der Waals surface area contributed by atoms with Gasteiger partial charge in [0.15, 0.2) is 0 Å². The van der Waals surface area contributed by atoms with Crippen LogP contribution < -0.4 is 10.5 Å². The summed E-state index contributed by atoms with van der Waals surface area (Å²) in [5.74, 6) is -0.230. The van der Waals surface area contributed by atoms with E-state index < -0.39 is 17.1 Å². The Morgan fingerprint density at radius 1 is 1.04 bits per heavy atom. The fraction of sp³-hybridized carbons (Fsp3) is 0.273. The quantitative estimate of drug-likeness (QED) is 0.716. The smallest absolute Gasteiger partial charge is 0.274 e. The van der Waals surface area contributed by atoms with Crippen LogP contribution in [0.3, 0.4) is 0 Å². The molecule has 1 fully saturated rings. The first-order valence-electron chi connectivity index (χ1n) is 9.21. The molecule has 27 heavy (non-hydrogen) atoms. The highest BCUT2D eigenvalue weighted by Crippen LogP contribution is 2.48. The van der Waals surface area contributed by atoms with E-state index in [0.717, 1.165) is 18.2 Å². The largest absolute Gasteiger partial charge is 0.311 e. The lowest BCUT2D eigenvalue weighted by Gasteiger charge is -2.22. The number of pyridine rings is 1. The number of nitrogens with zero attached hydrogens (tertiary/aromatic N) is 2. The number of carbonyl (C=O) groups is 1.